The zero-order valence-corrected chi connectivity index (χ0v) is 13.6. The largest absolute Gasteiger partial charge is 0.495 e. The standard InChI is InChI=1S/C17H16N2O6/c1-11-4-3-5-12(8-11)17(21)25-10-16(20)18-14-9-13(19(22)23)6-7-15(14)24-2/h3-9H,10H2,1-2H3,(H,18,20). The molecule has 0 atom stereocenters. The van der Waals surface area contributed by atoms with E-state index in [-0.39, 0.29) is 17.1 Å². The molecule has 0 fully saturated rings. The Morgan fingerprint density at radius 3 is 2.60 bits per heavy atom. The summed E-state index contributed by atoms with van der Waals surface area (Å²) in [4.78, 5) is 34.1. The minimum absolute atomic E-state index is 0.119. The van der Waals surface area contributed by atoms with Crippen LogP contribution in [0.5, 0.6) is 5.75 Å². The van der Waals surface area contributed by atoms with E-state index < -0.39 is 23.4 Å². The molecule has 2 rings (SSSR count). The van der Waals surface area contributed by atoms with Gasteiger partial charge in [-0.3, -0.25) is 14.9 Å². The van der Waals surface area contributed by atoms with Crippen molar-refractivity contribution in [3.05, 3.63) is 63.7 Å². The quantitative estimate of drug-likeness (QED) is 0.490. The summed E-state index contributed by atoms with van der Waals surface area (Å²) < 4.78 is 9.99. The van der Waals surface area contributed by atoms with Gasteiger partial charge in [-0.25, -0.2) is 4.79 Å². The van der Waals surface area contributed by atoms with Gasteiger partial charge in [-0.15, -0.1) is 0 Å². The molecule has 2 aromatic carbocycles. The van der Waals surface area contributed by atoms with E-state index in [0.29, 0.717) is 5.56 Å². The average Bonchev–Trinajstić information content (AvgIpc) is 2.59. The molecule has 1 amide bonds. The first-order chi connectivity index (χ1) is 11.9. The first-order valence-corrected chi connectivity index (χ1v) is 7.27. The topological polar surface area (TPSA) is 108 Å². The molecule has 0 aliphatic carbocycles. The second kappa shape index (κ2) is 7.91. The van der Waals surface area contributed by atoms with Crippen LogP contribution in [0.15, 0.2) is 42.5 Å². The Bertz CT molecular complexity index is 819. The Morgan fingerprint density at radius 1 is 1.20 bits per heavy atom. The summed E-state index contributed by atoms with van der Waals surface area (Å²) in [6, 6.07) is 10.6. The highest BCUT2D eigenvalue weighted by molar-refractivity contribution is 5.96. The summed E-state index contributed by atoms with van der Waals surface area (Å²) >= 11 is 0. The Labute approximate surface area is 143 Å². The molecule has 0 aromatic heterocycles. The summed E-state index contributed by atoms with van der Waals surface area (Å²) in [5.74, 6) is -1.02. The number of rotatable bonds is 6. The van der Waals surface area contributed by atoms with Crippen molar-refractivity contribution in [3.8, 4) is 5.75 Å². The molecule has 2 aromatic rings. The zero-order chi connectivity index (χ0) is 18.4. The highest BCUT2D eigenvalue weighted by Gasteiger charge is 2.15. The smallest absolute Gasteiger partial charge is 0.338 e. The SMILES string of the molecule is COc1ccc([N+](=O)[O-])cc1NC(=O)COC(=O)c1cccc(C)c1. The number of amides is 1. The number of non-ortho nitro benzene ring substituents is 1. The number of carbonyl (C=O) groups excluding carboxylic acids is 2. The lowest BCUT2D eigenvalue weighted by Gasteiger charge is -2.10. The lowest BCUT2D eigenvalue weighted by molar-refractivity contribution is -0.384. The van der Waals surface area contributed by atoms with Crippen LogP contribution in [0.2, 0.25) is 0 Å². The number of aryl methyl sites for hydroxylation is 1. The third-order valence-corrected chi connectivity index (χ3v) is 3.26. The molecule has 0 spiro atoms. The van der Waals surface area contributed by atoms with E-state index in [4.69, 9.17) is 9.47 Å². The van der Waals surface area contributed by atoms with Crippen LogP contribution in [0.1, 0.15) is 15.9 Å². The number of methoxy groups -OCH3 is 1. The van der Waals surface area contributed by atoms with Crippen molar-refractivity contribution in [2.24, 2.45) is 0 Å². The van der Waals surface area contributed by atoms with Crippen LogP contribution in [-0.4, -0.2) is 30.5 Å². The number of hydrogen-bond donors (Lipinski definition) is 1. The number of nitrogens with zero attached hydrogens (tertiary/aromatic N) is 1. The molecule has 0 bridgehead atoms. The molecule has 0 saturated carbocycles. The molecule has 25 heavy (non-hydrogen) atoms. The highest BCUT2D eigenvalue weighted by atomic mass is 16.6. The highest BCUT2D eigenvalue weighted by Crippen LogP contribution is 2.28. The number of anilines is 1. The van der Waals surface area contributed by atoms with Gasteiger partial charge >= 0.3 is 5.97 Å². The number of benzene rings is 2. The summed E-state index contributed by atoms with van der Waals surface area (Å²) in [6.45, 7) is 1.30. The Morgan fingerprint density at radius 2 is 1.96 bits per heavy atom. The molecule has 0 unspecified atom stereocenters. The minimum atomic E-state index is -0.639. The van der Waals surface area contributed by atoms with Crippen molar-refractivity contribution in [3.63, 3.8) is 0 Å². The minimum Gasteiger partial charge on any atom is -0.495 e. The van der Waals surface area contributed by atoms with Crippen LogP contribution < -0.4 is 10.1 Å². The second-order valence-corrected chi connectivity index (χ2v) is 5.14. The molecule has 0 aliphatic heterocycles. The maximum absolute atomic E-state index is 12.0. The first kappa shape index (κ1) is 17.9. The van der Waals surface area contributed by atoms with Crippen molar-refractivity contribution in [1.82, 2.24) is 0 Å². The van der Waals surface area contributed by atoms with Crippen LogP contribution in [0, 0.1) is 17.0 Å². The molecular weight excluding hydrogens is 328 g/mol. The average molecular weight is 344 g/mol. The van der Waals surface area contributed by atoms with Crippen LogP contribution in [0.4, 0.5) is 11.4 Å². The van der Waals surface area contributed by atoms with Crippen molar-refractivity contribution < 1.29 is 24.0 Å². The van der Waals surface area contributed by atoms with Crippen LogP contribution in [-0.2, 0) is 9.53 Å². The van der Waals surface area contributed by atoms with E-state index >= 15 is 0 Å². The summed E-state index contributed by atoms with van der Waals surface area (Å²) in [6.07, 6.45) is 0. The van der Waals surface area contributed by atoms with Gasteiger partial charge in [0.25, 0.3) is 11.6 Å². The molecule has 0 heterocycles. The van der Waals surface area contributed by atoms with Crippen molar-refractivity contribution in [2.75, 3.05) is 19.0 Å². The third kappa shape index (κ3) is 4.77. The van der Waals surface area contributed by atoms with Gasteiger partial charge in [0, 0.05) is 12.1 Å². The maximum Gasteiger partial charge on any atom is 0.338 e. The number of nitro benzene ring substituents is 1. The van der Waals surface area contributed by atoms with Crippen LogP contribution >= 0.6 is 0 Å². The van der Waals surface area contributed by atoms with Crippen LogP contribution in [0.3, 0.4) is 0 Å². The van der Waals surface area contributed by atoms with E-state index in [2.05, 4.69) is 5.32 Å². The molecular formula is C17H16N2O6. The predicted octanol–water partition coefficient (Wildman–Crippen LogP) is 2.71. The van der Waals surface area contributed by atoms with Crippen molar-refractivity contribution >= 4 is 23.3 Å². The molecule has 0 radical (unpaired) electrons. The number of nitrogens with one attached hydrogen (secondary N) is 1. The number of nitro groups is 1. The van der Waals surface area contributed by atoms with Gasteiger partial charge in [0.15, 0.2) is 6.61 Å². The maximum atomic E-state index is 12.0. The fourth-order valence-corrected chi connectivity index (χ4v) is 2.08. The molecule has 8 nitrogen and oxygen atoms in total. The van der Waals surface area contributed by atoms with Gasteiger partial charge in [-0.05, 0) is 25.1 Å². The summed E-state index contributed by atoms with van der Waals surface area (Å²) in [7, 11) is 1.37. The Kier molecular flexibility index (Phi) is 5.67. The Balaban J connectivity index is 2.01. The molecule has 1 N–H and O–H groups in total. The van der Waals surface area contributed by atoms with E-state index in [1.807, 2.05) is 13.0 Å². The van der Waals surface area contributed by atoms with Gasteiger partial charge in [-0.2, -0.15) is 0 Å². The molecule has 130 valence electrons. The lowest BCUT2D eigenvalue weighted by Crippen LogP contribution is -2.21. The fraction of sp³-hybridized carbons (Fsp3) is 0.176. The first-order valence-electron chi connectivity index (χ1n) is 7.27. The van der Waals surface area contributed by atoms with Gasteiger partial charge in [-0.1, -0.05) is 17.7 Å². The summed E-state index contributed by atoms with van der Waals surface area (Å²) in [5.41, 5.74) is 1.14. The van der Waals surface area contributed by atoms with E-state index in [0.717, 1.165) is 5.56 Å². The number of hydrogen-bond acceptors (Lipinski definition) is 6. The third-order valence-electron chi connectivity index (χ3n) is 3.26. The second-order valence-electron chi connectivity index (χ2n) is 5.14. The van der Waals surface area contributed by atoms with E-state index in [9.17, 15) is 19.7 Å². The Hall–Kier alpha value is -3.42. The number of carbonyl (C=O) groups is 2. The molecule has 0 aliphatic rings. The lowest BCUT2D eigenvalue weighted by atomic mass is 10.1. The monoisotopic (exact) mass is 344 g/mol. The predicted molar refractivity (Wildman–Crippen MR) is 89.7 cm³/mol. The van der Waals surface area contributed by atoms with Crippen LogP contribution in [0.25, 0.3) is 0 Å². The molecule has 8 heteroatoms. The van der Waals surface area contributed by atoms with Gasteiger partial charge in [0.2, 0.25) is 0 Å². The number of esters is 1. The van der Waals surface area contributed by atoms with Crippen molar-refractivity contribution in [2.45, 2.75) is 6.92 Å². The number of ether oxygens (including phenoxy) is 2. The zero-order valence-electron chi connectivity index (χ0n) is 13.6. The fourth-order valence-electron chi connectivity index (χ4n) is 2.08. The van der Waals surface area contributed by atoms with E-state index in [1.54, 1.807) is 18.2 Å². The van der Waals surface area contributed by atoms with Gasteiger partial charge in [0.05, 0.1) is 23.3 Å². The van der Waals surface area contributed by atoms with Gasteiger partial charge in [0.1, 0.15) is 5.75 Å². The van der Waals surface area contributed by atoms with Crippen molar-refractivity contribution in [1.29, 1.82) is 0 Å². The molecule has 0 saturated heterocycles. The van der Waals surface area contributed by atoms with Gasteiger partial charge < -0.3 is 14.8 Å². The van der Waals surface area contributed by atoms with E-state index in [1.165, 1.54) is 25.3 Å². The summed E-state index contributed by atoms with van der Waals surface area (Å²) in [5, 5.41) is 13.2. The normalized spacial score (nSPS) is 10.0.